The number of pyridine rings is 1. The number of carbonyl (C=O) groups is 1. The van der Waals surface area contributed by atoms with Gasteiger partial charge in [-0.1, -0.05) is 6.07 Å². The van der Waals surface area contributed by atoms with E-state index in [9.17, 15) is 4.79 Å². The zero-order valence-corrected chi connectivity index (χ0v) is 13.3. The van der Waals surface area contributed by atoms with E-state index in [1.54, 1.807) is 18.2 Å². The predicted octanol–water partition coefficient (Wildman–Crippen LogP) is 2.34. The molecular weight excluding hydrogens is 306 g/mol. The first-order valence-electron chi connectivity index (χ1n) is 7.82. The van der Waals surface area contributed by atoms with Crippen LogP contribution in [0.25, 0.3) is 5.65 Å². The zero-order valence-electron chi connectivity index (χ0n) is 13.3. The summed E-state index contributed by atoms with van der Waals surface area (Å²) in [5.41, 5.74) is 3.57. The van der Waals surface area contributed by atoms with Gasteiger partial charge < -0.3 is 19.2 Å². The molecule has 6 nitrogen and oxygen atoms in total. The van der Waals surface area contributed by atoms with Gasteiger partial charge in [-0.25, -0.2) is 4.98 Å². The summed E-state index contributed by atoms with van der Waals surface area (Å²) >= 11 is 0. The molecule has 0 unspecified atom stereocenters. The van der Waals surface area contributed by atoms with Crippen molar-refractivity contribution in [2.75, 3.05) is 13.3 Å². The topological polar surface area (TPSA) is 64.9 Å². The minimum absolute atomic E-state index is 0.131. The Hall–Kier alpha value is -3.02. The van der Waals surface area contributed by atoms with Crippen LogP contribution >= 0.6 is 0 Å². The molecule has 6 heteroatoms. The van der Waals surface area contributed by atoms with Gasteiger partial charge in [0.15, 0.2) is 11.5 Å². The average Bonchev–Trinajstić information content (AvgIpc) is 3.20. The van der Waals surface area contributed by atoms with Gasteiger partial charge in [-0.2, -0.15) is 0 Å². The Labute approximate surface area is 139 Å². The minimum Gasteiger partial charge on any atom is -0.454 e. The molecule has 0 saturated carbocycles. The molecule has 4 rings (SSSR count). The predicted molar refractivity (Wildman–Crippen MR) is 88.5 cm³/mol. The molecule has 0 radical (unpaired) electrons. The molecule has 1 aliphatic rings. The largest absolute Gasteiger partial charge is 0.454 e. The Bertz CT molecular complexity index is 917. The van der Waals surface area contributed by atoms with Gasteiger partial charge in [0.05, 0.1) is 5.69 Å². The van der Waals surface area contributed by atoms with Gasteiger partial charge in [-0.15, -0.1) is 0 Å². The molecule has 24 heavy (non-hydrogen) atoms. The van der Waals surface area contributed by atoms with Gasteiger partial charge in [0, 0.05) is 30.4 Å². The van der Waals surface area contributed by atoms with E-state index in [1.165, 1.54) is 0 Å². The highest BCUT2D eigenvalue weighted by molar-refractivity contribution is 5.94. The molecule has 0 atom stereocenters. The summed E-state index contributed by atoms with van der Waals surface area (Å²) in [6.07, 6.45) is 2.69. The number of amides is 1. The van der Waals surface area contributed by atoms with Crippen LogP contribution in [0.3, 0.4) is 0 Å². The van der Waals surface area contributed by atoms with Crippen molar-refractivity contribution in [1.82, 2.24) is 14.7 Å². The number of rotatable bonds is 4. The fourth-order valence-corrected chi connectivity index (χ4v) is 2.76. The number of aromatic nitrogens is 2. The summed E-state index contributed by atoms with van der Waals surface area (Å²) in [4.78, 5) is 16.8. The van der Waals surface area contributed by atoms with Crippen LogP contribution in [-0.4, -0.2) is 28.6 Å². The monoisotopic (exact) mass is 323 g/mol. The van der Waals surface area contributed by atoms with Crippen molar-refractivity contribution in [3.05, 3.63) is 59.5 Å². The van der Waals surface area contributed by atoms with Gasteiger partial charge in [0.1, 0.15) is 5.65 Å². The molecule has 0 spiro atoms. The van der Waals surface area contributed by atoms with Crippen LogP contribution in [0.15, 0.2) is 42.6 Å². The average molecular weight is 323 g/mol. The lowest BCUT2D eigenvalue weighted by Gasteiger charge is -2.05. The van der Waals surface area contributed by atoms with Crippen LogP contribution in [0.4, 0.5) is 0 Å². The molecule has 1 amide bonds. The zero-order chi connectivity index (χ0) is 16.5. The molecule has 2 aromatic heterocycles. The molecule has 122 valence electrons. The highest BCUT2D eigenvalue weighted by atomic mass is 16.7. The smallest absolute Gasteiger partial charge is 0.251 e. The fourth-order valence-electron chi connectivity index (χ4n) is 2.76. The maximum Gasteiger partial charge on any atom is 0.251 e. The number of aryl methyl sites for hydroxylation is 1. The third-order valence-corrected chi connectivity index (χ3v) is 4.05. The van der Waals surface area contributed by atoms with E-state index in [0.717, 1.165) is 17.0 Å². The summed E-state index contributed by atoms with van der Waals surface area (Å²) < 4.78 is 12.6. The molecule has 0 bridgehead atoms. The number of imidazole rings is 1. The number of carbonyl (C=O) groups excluding carboxylic acids is 1. The second kappa shape index (κ2) is 5.88. The first kappa shape index (κ1) is 14.6. The van der Waals surface area contributed by atoms with Gasteiger partial charge in [-0.05, 0) is 37.3 Å². The van der Waals surface area contributed by atoms with Crippen LogP contribution in [0.2, 0.25) is 0 Å². The maximum absolute atomic E-state index is 12.2. The number of hydrogen-bond donors (Lipinski definition) is 1. The second-order valence-corrected chi connectivity index (χ2v) is 5.70. The molecule has 1 aliphatic heterocycles. The van der Waals surface area contributed by atoms with E-state index in [4.69, 9.17) is 9.47 Å². The lowest BCUT2D eigenvalue weighted by Crippen LogP contribution is -2.25. The third-order valence-electron chi connectivity index (χ3n) is 4.05. The number of benzene rings is 1. The van der Waals surface area contributed by atoms with Crippen molar-refractivity contribution < 1.29 is 14.3 Å². The summed E-state index contributed by atoms with van der Waals surface area (Å²) in [5.74, 6) is 1.15. The molecule has 1 N–H and O–H groups in total. The summed E-state index contributed by atoms with van der Waals surface area (Å²) in [5, 5.41) is 2.91. The molecule has 3 aromatic rings. The van der Waals surface area contributed by atoms with Gasteiger partial charge in [0.25, 0.3) is 5.91 Å². The molecule has 1 aromatic carbocycles. The van der Waals surface area contributed by atoms with Crippen LogP contribution in [0.5, 0.6) is 11.5 Å². The second-order valence-electron chi connectivity index (χ2n) is 5.70. The van der Waals surface area contributed by atoms with E-state index in [2.05, 4.69) is 14.7 Å². The molecule has 0 fully saturated rings. The number of nitrogens with one attached hydrogen (secondary N) is 1. The van der Waals surface area contributed by atoms with E-state index in [1.807, 2.05) is 31.3 Å². The van der Waals surface area contributed by atoms with Crippen LogP contribution < -0.4 is 14.8 Å². The highest BCUT2D eigenvalue weighted by Crippen LogP contribution is 2.32. The minimum atomic E-state index is -0.131. The lowest BCUT2D eigenvalue weighted by atomic mass is 10.2. The van der Waals surface area contributed by atoms with Crippen molar-refractivity contribution in [2.24, 2.45) is 0 Å². The molecule has 0 saturated heterocycles. The molecule has 3 heterocycles. The summed E-state index contributed by atoms with van der Waals surface area (Å²) in [6, 6.07) is 11.2. The van der Waals surface area contributed by atoms with Crippen molar-refractivity contribution >= 4 is 11.6 Å². The highest BCUT2D eigenvalue weighted by Gasteiger charge is 2.16. The van der Waals surface area contributed by atoms with Crippen molar-refractivity contribution in [3.63, 3.8) is 0 Å². The van der Waals surface area contributed by atoms with Gasteiger partial charge in [-0.3, -0.25) is 4.79 Å². The number of hydrogen-bond acceptors (Lipinski definition) is 4. The SMILES string of the molecule is Cc1cccc2nc(CCNC(=O)c3ccc4c(c3)OCO4)cn12. The Morgan fingerprint density at radius 3 is 3.00 bits per heavy atom. The van der Waals surface area contributed by atoms with E-state index >= 15 is 0 Å². The van der Waals surface area contributed by atoms with Crippen molar-refractivity contribution in [1.29, 1.82) is 0 Å². The van der Waals surface area contributed by atoms with Gasteiger partial charge in [0.2, 0.25) is 6.79 Å². The Morgan fingerprint density at radius 1 is 1.25 bits per heavy atom. The first-order chi connectivity index (χ1) is 11.7. The Kier molecular flexibility index (Phi) is 3.57. The van der Waals surface area contributed by atoms with Gasteiger partial charge >= 0.3 is 0 Å². The normalized spacial score (nSPS) is 12.5. The number of ether oxygens (including phenoxy) is 2. The van der Waals surface area contributed by atoms with Crippen LogP contribution in [-0.2, 0) is 6.42 Å². The maximum atomic E-state index is 12.2. The van der Waals surface area contributed by atoms with Crippen molar-refractivity contribution in [3.8, 4) is 11.5 Å². The first-order valence-corrected chi connectivity index (χ1v) is 7.82. The summed E-state index contributed by atoms with van der Waals surface area (Å²) in [6.45, 7) is 2.77. The van der Waals surface area contributed by atoms with E-state index < -0.39 is 0 Å². The molecular formula is C18H17N3O3. The quantitative estimate of drug-likeness (QED) is 0.800. The number of nitrogens with zero attached hydrogens (tertiary/aromatic N) is 2. The lowest BCUT2D eigenvalue weighted by molar-refractivity contribution is 0.0953. The van der Waals surface area contributed by atoms with Crippen LogP contribution in [0.1, 0.15) is 21.7 Å². The van der Waals surface area contributed by atoms with E-state index in [0.29, 0.717) is 30.0 Å². The van der Waals surface area contributed by atoms with E-state index in [-0.39, 0.29) is 12.7 Å². The van der Waals surface area contributed by atoms with Crippen LogP contribution in [0, 0.1) is 6.92 Å². The molecule has 0 aliphatic carbocycles. The standard InChI is InChI=1S/C18H17N3O3/c1-12-3-2-4-17-20-14(10-21(12)17)7-8-19-18(22)13-5-6-15-16(9-13)24-11-23-15/h2-6,9-10H,7-8,11H2,1H3,(H,19,22). The fraction of sp³-hybridized carbons (Fsp3) is 0.222. The summed E-state index contributed by atoms with van der Waals surface area (Å²) in [7, 11) is 0. The Morgan fingerprint density at radius 2 is 2.12 bits per heavy atom. The third kappa shape index (κ3) is 2.67. The number of fused-ring (bicyclic) bond motifs is 2. The van der Waals surface area contributed by atoms with Crippen molar-refractivity contribution in [2.45, 2.75) is 13.3 Å². The Balaban J connectivity index is 1.39.